The van der Waals surface area contributed by atoms with E-state index in [0.29, 0.717) is 12.5 Å². The highest BCUT2D eigenvalue weighted by atomic mass is 16.3. The molecular formula is C11H20N4O. The van der Waals surface area contributed by atoms with Gasteiger partial charge in [0.15, 0.2) is 0 Å². The lowest BCUT2D eigenvalue weighted by atomic mass is 9.98. The molecule has 0 radical (unpaired) electrons. The van der Waals surface area contributed by atoms with Crippen LogP contribution in [0.2, 0.25) is 0 Å². The van der Waals surface area contributed by atoms with Gasteiger partial charge >= 0.3 is 0 Å². The van der Waals surface area contributed by atoms with Crippen LogP contribution >= 0.6 is 0 Å². The van der Waals surface area contributed by atoms with Gasteiger partial charge < -0.3 is 15.7 Å². The summed E-state index contributed by atoms with van der Waals surface area (Å²) < 4.78 is 1.85. The lowest BCUT2D eigenvalue weighted by molar-refractivity contribution is 0.202. The molecule has 0 aromatic carbocycles. The molecule has 16 heavy (non-hydrogen) atoms. The van der Waals surface area contributed by atoms with Gasteiger partial charge in [-0.2, -0.15) is 5.10 Å². The maximum Gasteiger partial charge on any atom is 0.150 e. The molecule has 0 aliphatic carbocycles. The number of hydrogen-bond acceptors (Lipinski definition) is 4. The molecule has 1 saturated heterocycles. The lowest BCUT2D eigenvalue weighted by Gasteiger charge is -2.32. The number of aliphatic hydroxyl groups excluding tert-OH is 1. The minimum Gasteiger partial charge on any atom is -0.396 e. The Kier molecular flexibility index (Phi) is 3.05. The number of aromatic nitrogens is 2. The monoisotopic (exact) mass is 224 g/mol. The first-order valence-electron chi connectivity index (χ1n) is 5.78. The number of anilines is 2. The quantitative estimate of drug-likeness (QED) is 0.768. The molecule has 2 heterocycles. The van der Waals surface area contributed by atoms with E-state index < -0.39 is 0 Å². The van der Waals surface area contributed by atoms with Gasteiger partial charge in [0.05, 0.1) is 11.4 Å². The average Bonchev–Trinajstić information content (AvgIpc) is 2.54. The maximum atomic E-state index is 9.10. The second-order valence-electron chi connectivity index (χ2n) is 4.56. The fourth-order valence-electron chi connectivity index (χ4n) is 2.36. The Morgan fingerprint density at radius 2 is 2.06 bits per heavy atom. The van der Waals surface area contributed by atoms with E-state index in [1.165, 1.54) is 0 Å². The van der Waals surface area contributed by atoms with Crippen molar-refractivity contribution in [2.75, 3.05) is 30.3 Å². The van der Waals surface area contributed by atoms with E-state index in [9.17, 15) is 0 Å². The van der Waals surface area contributed by atoms with E-state index in [2.05, 4.69) is 10.00 Å². The standard InChI is InChI=1S/C11H20N4O/c1-8-10(12)11(14(2)13-8)15-5-3-9(7-16)4-6-15/h9,16H,3-7,12H2,1-2H3. The molecule has 0 bridgehead atoms. The second kappa shape index (κ2) is 4.33. The number of rotatable bonds is 2. The van der Waals surface area contributed by atoms with Crippen molar-refractivity contribution in [1.29, 1.82) is 0 Å². The lowest BCUT2D eigenvalue weighted by Crippen LogP contribution is -2.36. The Balaban J connectivity index is 2.14. The Labute approximate surface area is 95.8 Å². The number of nitrogens with two attached hydrogens (primary N) is 1. The molecular weight excluding hydrogens is 204 g/mol. The summed E-state index contributed by atoms with van der Waals surface area (Å²) in [6, 6.07) is 0. The first-order chi connectivity index (χ1) is 7.63. The molecule has 5 nitrogen and oxygen atoms in total. The van der Waals surface area contributed by atoms with Crippen molar-refractivity contribution in [2.24, 2.45) is 13.0 Å². The van der Waals surface area contributed by atoms with Crippen molar-refractivity contribution in [3.8, 4) is 0 Å². The van der Waals surface area contributed by atoms with E-state index in [1.807, 2.05) is 18.7 Å². The van der Waals surface area contributed by atoms with Crippen molar-refractivity contribution in [2.45, 2.75) is 19.8 Å². The van der Waals surface area contributed by atoms with Crippen LogP contribution in [0.4, 0.5) is 11.5 Å². The third kappa shape index (κ3) is 1.87. The van der Waals surface area contributed by atoms with Gasteiger partial charge in [0.25, 0.3) is 0 Å². The highest BCUT2D eigenvalue weighted by Gasteiger charge is 2.23. The zero-order valence-corrected chi connectivity index (χ0v) is 9.98. The average molecular weight is 224 g/mol. The van der Waals surface area contributed by atoms with E-state index in [4.69, 9.17) is 10.8 Å². The van der Waals surface area contributed by atoms with Crippen LogP contribution in [0.15, 0.2) is 0 Å². The highest BCUT2D eigenvalue weighted by molar-refractivity contribution is 5.66. The Bertz CT molecular complexity index is 366. The van der Waals surface area contributed by atoms with Gasteiger partial charge in [0.2, 0.25) is 0 Å². The zero-order chi connectivity index (χ0) is 11.7. The molecule has 0 unspecified atom stereocenters. The second-order valence-corrected chi connectivity index (χ2v) is 4.56. The molecule has 0 saturated carbocycles. The number of piperidine rings is 1. The molecule has 1 aliphatic heterocycles. The van der Waals surface area contributed by atoms with E-state index in [-0.39, 0.29) is 0 Å². The van der Waals surface area contributed by atoms with E-state index in [1.54, 1.807) is 0 Å². The SMILES string of the molecule is Cc1nn(C)c(N2CCC(CO)CC2)c1N. The molecule has 1 fully saturated rings. The summed E-state index contributed by atoms with van der Waals surface area (Å²) in [4.78, 5) is 2.27. The number of nitrogen functional groups attached to an aromatic ring is 1. The van der Waals surface area contributed by atoms with Crippen molar-refractivity contribution in [1.82, 2.24) is 9.78 Å². The molecule has 1 aliphatic rings. The molecule has 0 amide bonds. The summed E-state index contributed by atoms with van der Waals surface area (Å²) in [6.45, 7) is 4.13. The van der Waals surface area contributed by atoms with E-state index >= 15 is 0 Å². The van der Waals surface area contributed by atoms with Gasteiger partial charge in [-0.05, 0) is 25.7 Å². The summed E-state index contributed by atoms with van der Waals surface area (Å²) in [6.07, 6.45) is 2.06. The molecule has 2 rings (SSSR count). The number of aliphatic hydroxyl groups is 1. The smallest absolute Gasteiger partial charge is 0.150 e. The first-order valence-corrected chi connectivity index (χ1v) is 5.78. The van der Waals surface area contributed by atoms with Crippen molar-refractivity contribution >= 4 is 11.5 Å². The Morgan fingerprint density at radius 1 is 1.44 bits per heavy atom. The molecule has 90 valence electrons. The van der Waals surface area contributed by atoms with Crippen LogP contribution in [0.25, 0.3) is 0 Å². The third-order valence-corrected chi connectivity index (χ3v) is 3.41. The predicted octanol–water partition coefficient (Wildman–Crippen LogP) is 0.519. The molecule has 1 aromatic heterocycles. The van der Waals surface area contributed by atoms with E-state index in [0.717, 1.165) is 43.1 Å². The molecule has 1 aromatic rings. The van der Waals surface area contributed by atoms with Crippen molar-refractivity contribution in [3.05, 3.63) is 5.69 Å². The number of hydrogen-bond donors (Lipinski definition) is 2. The molecule has 3 N–H and O–H groups in total. The fourth-order valence-corrected chi connectivity index (χ4v) is 2.36. The Morgan fingerprint density at radius 3 is 2.50 bits per heavy atom. The van der Waals surface area contributed by atoms with Gasteiger partial charge in [0.1, 0.15) is 5.82 Å². The van der Waals surface area contributed by atoms with Crippen LogP contribution in [0.5, 0.6) is 0 Å². The van der Waals surface area contributed by atoms with Crippen LogP contribution in [-0.2, 0) is 7.05 Å². The molecule has 5 heteroatoms. The fraction of sp³-hybridized carbons (Fsp3) is 0.727. The first kappa shape index (κ1) is 11.3. The largest absolute Gasteiger partial charge is 0.396 e. The molecule has 0 atom stereocenters. The third-order valence-electron chi connectivity index (χ3n) is 3.41. The predicted molar refractivity (Wildman–Crippen MR) is 64.4 cm³/mol. The van der Waals surface area contributed by atoms with Gasteiger partial charge in [0, 0.05) is 26.7 Å². The summed E-state index contributed by atoms with van der Waals surface area (Å²) in [5, 5.41) is 13.4. The summed E-state index contributed by atoms with van der Waals surface area (Å²) >= 11 is 0. The van der Waals surface area contributed by atoms with Gasteiger partial charge in [-0.1, -0.05) is 0 Å². The summed E-state index contributed by atoms with van der Waals surface area (Å²) in [7, 11) is 1.93. The molecule has 0 spiro atoms. The van der Waals surface area contributed by atoms with Crippen LogP contribution < -0.4 is 10.6 Å². The van der Waals surface area contributed by atoms with Crippen LogP contribution in [-0.4, -0.2) is 34.6 Å². The Hall–Kier alpha value is -1.23. The van der Waals surface area contributed by atoms with Crippen molar-refractivity contribution in [3.63, 3.8) is 0 Å². The number of nitrogens with zero attached hydrogens (tertiary/aromatic N) is 3. The topological polar surface area (TPSA) is 67.3 Å². The normalized spacial score (nSPS) is 18.1. The summed E-state index contributed by atoms with van der Waals surface area (Å²) in [5.74, 6) is 1.47. The highest BCUT2D eigenvalue weighted by Crippen LogP contribution is 2.29. The van der Waals surface area contributed by atoms with Crippen LogP contribution in [0.1, 0.15) is 18.5 Å². The van der Waals surface area contributed by atoms with Gasteiger partial charge in [-0.15, -0.1) is 0 Å². The van der Waals surface area contributed by atoms with Gasteiger partial charge in [-0.25, -0.2) is 0 Å². The van der Waals surface area contributed by atoms with Gasteiger partial charge in [-0.3, -0.25) is 4.68 Å². The summed E-state index contributed by atoms with van der Waals surface area (Å²) in [5.41, 5.74) is 7.70. The minimum atomic E-state index is 0.299. The number of aryl methyl sites for hydroxylation is 2. The van der Waals surface area contributed by atoms with Crippen molar-refractivity contribution < 1.29 is 5.11 Å². The van der Waals surface area contributed by atoms with Crippen LogP contribution in [0, 0.1) is 12.8 Å². The zero-order valence-electron chi connectivity index (χ0n) is 9.98. The maximum absolute atomic E-state index is 9.10. The van der Waals surface area contributed by atoms with Crippen LogP contribution in [0.3, 0.4) is 0 Å². The minimum absolute atomic E-state index is 0.299.